The number of benzene rings is 1. The first-order valence-corrected chi connectivity index (χ1v) is 5.97. The maximum absolute atomic E-state index is 13.5. The van der Waals surface area contributed by atoms with Crippen LogP contribution < -0.4 is 15.7 Å². The fourth-order valence-corrected chi connectivity index (χ4v) is 2.08. The summed E-state index contributed by atoms with van der Waals surface area (Å²) in [6.07, 6.45) is 1.42. The second-order valence-electron chi connectivity index (χ2n) is 4.48. The molecule has 104 valence electrons. The summed E-state index contributed by atoms with van der Waals surface area (Å²) in [5.41, 5.74) is -0.751. The largest absolute Gasteiger partial charge is 0.868 e. The lowest BCUT2D eigenvalue weighted by Crippen LogP contribution is -2.87. The van der Waals surface area contributed by atoms with Crippen LogP contribution in [-0.2, 0) is 0 Å². The number of quaternary nitrogens is 1. The predicted molar refractivity (Wildman–Crippen MR) is 57.9 cm³/mol. The molecule has 0 bridgehead atoms. The standard InChI is InChI=1S/C12H13F3N2O2/c13-8-5-7(9(14)11(18)10(8)15)12(19)17-6-1-3-16-4-2-6/h5-6,16,18H,1-4H2,(H,17,19). The summed E-state index contributed by atoms with van der Waals surface area (Å²) < 4.78 is 39.3. The molecule has 1 aromatic carbocycles. The van der Waals surface area contributed by atoms with Gasteiger partial charge in [0.05, 0.1) is 18.7 Å². The summed E-state index contributed by atoms with van der Waals surface area (Å²) in [4.78, 5) is 11.8. The summed E-state index contributed by atoms with van der Waals surface area (Å²) in [5, 5.41) is 15.6. The number of rotatable bonds is 2. The maximum atomic E-state index is 13.5. The van der Waals surface area contributed by atoms with Gasteiger partial charge in [-0.05, 0) is 11.8 Å². The van der Waals surface area contributed by atoms with E-state index in [9.17, 15) is 23.1 Å². The predicted octanol–water partition coefficient (Wildman–Crippen LogP) is -0.367. The molecule has 1 aliphatic heterocycles. The van der Waals surface area contributed by atoms with E-state index in [1.807, 2.05) is 0 Å². The Balaban J connectivity index is 2.19. The first-order chi connectivity index (χ1) is 9.00. The van der Waals surface area contributed by atoms with Crippen molar-refractivity contribution < 1.29 is 28.4 Å². The number of halogens is 3. The fourth-order valence-electron chi connectivity index (χ4n) is 2.08. The van der Waals surface area contributed by atoms with E-state index >= 15 is 0 Å². The summed E-state index contributed by atoms with van der Waals surface area (Å²) >= 11 is 0. The molecule has 1 aromatic rings. The van der Waals surface area contributed by atoms with Crippen molar-refractivity contribution in [3.63, 3.8) is 0 Å². The highest BCUT2D eigenvalue weighted by Gasteiger charge is 2.22. The summed E-state index contributed by atoms with van der Waals surface area (Å²) in [6, 6.07) is 0.274. The Bertz CT molecular complexity index is 502. The Kier molecular flexibility index (Phi) is 3.94. The van der Waals surface area contributed by atoms with Crippen molar-refractivity contribution in [1.82, 2.24) is 5.32 Å². The third-order valence-corrected chi connectivity index (χ3v) is 3.13. The van der Waals surface area contributed by atoms with E-state index in [4.69, 9.17) is 0 Å². The van der Waals surface area contributed by atoms with Crippen molar-refractivity contribution in [1.29, 1.82) is 0 Å². The van der Waals surface area contributed by atoms with Gasteiger partial charge in [-0.3, -0.25) is 4.79 Å². The molecule has 1 aliphatic rings. The SMILES string of the molecule is O=C(NC1CC[NH2+]CC1)c1cc(F)c(F)c([O-])c1F. The van der Waals surface area contributed by atoms with Crippen LogP contribution in [0.4, 0.5) is 13.2 Å². The number of carbonyl (C=O) groups excluding carboxylic acids is 1. The van der Waals surface area contributed by atoms with Gasteiger partial charge in [-0.1, -0.05) is 0 Å². The minimum atomic E-state index is -1.80. The number of carbonyl (C=O) groups is 1. The number of hydrogen-bond acceptors (Lipinski definition) is 2. The van der Waals surface area contributed by atoms with Crippen LogP contribution in [0.25, 0.3) is 0 Å². The molecular formula is C12H13F3N2O2. The van der Waals surface area contributed by atoms with Gasteiger partial charge in [0.2, 0.25) is 0 Å². The summed E-state index contributed by atoms with van der Waals surface area (Å²) in [6.45, 7) is 1.66. The average molecular weight is 274 g/mol. The van der Waals surface area contributed by atoms with Crippen molar-refractivity contribution in [3.8, 4) is 5.75 Å². The molecule has 0 aromatic heterocycles. The van der Waals surface area contributed by atoms with Crippen LogP contribution in [0.1, 0.15) is 23.2 Å². The third-order valence-electron chi connectivity index (χ3n) is 3.13. The minimum Gasteiger partial charge on any atom is -0.868 e. The molecule has 0 spiro atoms. The molecular weight excluding hydrogens is 261 g/mol. The molecule has 2 rings (SSSR count). The highest BCUT2D eigenvalue weighted by molar-refractivity contribution is 5.95. The number of amides is 1. The van der Waals surface area contributed by atoms with Crippen molar-refractivity contribution in [3.05, 3.63) is 29.1 Å². The molecule has 0 atom stereocenters. The van der Waals surface area contributed by atoms with E-state index in [0.717, 1.165) is 13.1 Å². The molecule has 1 heterocycles. The normalized spacial score (nSPS) is 16.4. The van der Waals surface area contributed by atoms with Crippen molar-refractivity contribution >= 4 is 5.91 Å². The molecule has 1 saturated heterocycles. The van der Waals surface area contributed by atoms with Crippen LogP contribution in [0.3, 0.4) is 0 Å². The van der Waals surface area contributed by atoms with Crippen LogP contribution in [0.5, 0.6) is 5.75 Å². The Hall–Kier alpha value is -1.76. The zero-order valence-corrected chi connectivity index (χ0v) is 10.0. The molecule has 1 fully saturated rings. The fraction of sp³-hybridized carbons (Fsp3) is 0.417. The van der Waals surface area contributed by atoms with Crippen LogP contribution >= 0.6 is 0 Å². The van der Waals surface area contributed by atoms with Gasteiger partial charge in [0.1, 0.15) is 5.82 Å². The molecule has 0 unspecified atom stereocenters. The van der Waals surface area contributed by atoms with Gasteiger partial charge < -0.3 is 15.7 Å². The van der Waals surface area contributed by atoms with Gasteiger partial charge >= 0.3 is 0 Å². The highest BCUT2D eigenvalue weighted by atomic mass is 19.2. The molecule has 0 saturated carbocycles. The molecule has 0 aliphatic carbocycles. The highest BCUT2D eigenvalue weighted by Crippen LogP contribution is 2.23. The molecule has 3 N–H and O–H groups in total. The van der Waals surface area contributed by atoms with E-state index < -0.39 is 34.7 Å². The Morgan fingerprint density at radius 3 is 2.53 bits per heavy atom. The summed E-state index contributed by atoms with van der Waals surface area (Å²) in [7, 11) is 0. The molecule has 1 amide bonds. The lowest BCUT2D eigenvalue weighted by molar-refractivity contribution is -0.663. The van der Waals surface area contributed by atoms with Crippen LogP contribution in [0.2, 0.25) is 0 Å². The lowest BCUT2D eigenvalue weighted by Gasteiger charge is -2.22. The first-order valence-electron chi connectivity index (χ1n) is 5.97. The quantitative estimate of drug-likeness (QED) is 0.723. The number of hydrogen-bond donors (Lipinski definition) is 2. The number of nitrogens with one attached hydrogen (secondary N) is 1. The zero-order chi connectivity index (χ0) is 14.0. The Morgan fingerprint density at radius 2 is 1.89 bits per heavy atom. The number of nitrogens with two attached hydrogens (primary N) is 1. The average Bonchev–Trinajstić information content (AvgIpc) is 2.41. The monoisotopic (exact) mass is 274 g/mol. The number of piperidine rings is 1. The van der Waals surface area contributed by atoms with Crippen molar-refractivity contribution in [2.75, 3.05) is 13.1 Å². The Labute approximate surface area is 107 Å². The van der Waals surface area contributed by atoms with Gasteiger partial charge in [0.15, 0.2) is 11.6 Å². The van der Waals surface area contributed by atoms with Gasteiger partial charge in [-0.15, -0.1) is 0 Å². The van der Waals surface area contributed by atoms with E-state index in [-0.39, 0.29) is 6.04 Å². The van der Waals surface area contributed by atoms with Crippen LogP contribution in [0.15, 0.2) is 6.07 Å². The van der Waals surface area contributed by atoms with Gasteiger partial charge in [0, 0.05) is 18.9 Å². The molecule has 7 heteroatoms. The van der Waals surface area contributed by atoms with E-state index in [1.54, 1.807) is 0 Å². The van der Waals surface area contributed by atoms with E-state index in [1.165, 1.54) is 0 Å². The maximum Gasteiger partial charge on any atom is 0.254 e. The zero-order valence-electron chi connectivity index (χ0n) is 10.0. The smallest absolute Gasteiger partial charge is 0.254 e. The van der Waals surface area contributed by atoms with E-state index in [2.05, 4.69) is 10.6 Å². The minimum absolute atomic E-state index is 0.139. The van der Waals surface area contributed by atoms with Gasteiger partial charge in [0.25, 0.3) is 5.91 Å². The van der Waals surface area contributed by atoms with Gasteiger partial charge in [-0.2, -0.15) is 0 Å². The first kappa shape index (κ1) is 13.7. The molecule has 0 radical (unpaired) electrons. The molecule has 4 nitrogen and oxygen atoms in total. The van der Waals surface area contributed by atoms with Crippen molar-refractivity contribution in [2.45, 2.75) is 18.9 Å². The van der Waals surface area contributed by atoms with Crippen LogP contribution in [0, 0.1) is 17.5 Å². The molecule has 19 heavy (non-hydrogen) atoms. The van der Waals surface area contributed by atoms with Crippen LogP contribution in [-0.4, -0.2) is 25.0 Å². The van der Waals surface area contributed by atoms with E-state index in [0.29, 0.717) is 18.9 Å². The van der Waals surface area contributed by atoms with Crippen molar-refractivity contribution in [2.24, 2.45) is 0 Å². The topological polar surface area (TPSA) is 68.8 Å². The second kappa shape index (κ2) is 5.48. The Morgan fingerprint density at radius 1 is 1.26 bits per heavy atom. The van der Waals surface area contributed by atoms with Gasteiger partial charge in [-0.25, -0.2) is 13.2 Å². The lowest BCUT2D eigenvalue weighted by atomic mass is 10.1. The second-order valence-corrected chi connectivity index (χ2v) is 4.48. The third kappa shape index (κ3) is 2.81. The summed E-state index contributed by atoms with van der Waals surface area (Å²) in [5.74, 6) is -7.49.